The third kappa shape index (κ3) is 2.31. The first kappa shape index (κ1) is 13.5. The van der Waals surface area contributed by atoms with E-state index in [2.05, 4.69) is 20.2 Å². The number of H-pyrrole nitrogens is 1. The topological polar surface area (TPSA) is 92.8 Å². The highest BCUT2D eigenvalue weighted by Crippen LogP contribution is 2.27. The molecule has 4 rings (SSSR count). The summed E-state index contributed by atoms with van der Waals surface area (Å²) in [6.45, 7) is 2.76. The molecule has 1 amide bonds. The standard InChI is InChI=1S/C15H20N6O/c16-15(22)10-5-17-21(6-10)11-7-20(8-11)9-14-12-3-1-2-4-13(12)18-19-14/h5-6,11H,1-4,7-9H2,(H2,16,22)(H,18,19). The first-order valence-corrected chi connectivity index (χ1v) is 7.82. The summed E-state index contributed by atoms with van der Waals surface area (Å²) in [5.41, 5.74) is 9.69. The van der Waals surface area contributed by atoms with E-state index in [-0.39, 0.29) is 0 Å². The molecule has 0 radical (unpaired) electrons. The van der Waals surface area contributed by atoms with E-state index in [0.29, 0.717) is 11.6 Å². The molecule has 0 aromatic carbocycles. The molecule has 22 heavy (non-hydrogen) atoms. The zero-order valence-corrected chi connectivity index (χ0v) is 12.5. The van der Waals surface area contributed by atoms with Crippen LogP contribution in [0.15, 0.2) is 12.4 Å². The van der Waals surface area contributed by atoms with Gasteiger partial charge in [0.15, 0.2) is 0 Å². The average molecular weight is 300 g/mol. The summed E-state index contributed by atoms with van der Waals surface area (Å²) >= 11 is 0. The molecule has 1 aliphatic carbocycles. The quantitative estimate of drug-likeness (QED) is 0.866. The lowest BCUT2D eigenvalue weighted by molar-refractivity contribution is 0.0890. The van der Waals surface area contributed by atoms with Crippen LogP contribution in [0.2, 0.25) is 0 Å². The van der Waals surface area contributed by atoms with Crippen molar-refractivity contribution in [3.8, 4) is 0 Å². The summed E-state index contributed by atoms with van der Waals surface area (Å²) in [4.78, 5) is 13.5. The predicted octanol–water partition coefficient (Wildman–Crippen LogP) is 0.641. The van der Waals surface area contributed by atoms with Crippen molar-refractivity contribution in [1.82, 2.24) is 24.9 Å². The third-order valence-electron chi connectivity index (χ3n) is 4.71. The number of primary amides is 1. The van der Waals surface area contributed by atoms with Gasteiger partial charge in [-0.05, 0) is 31.2 Å². The van der Waals surface area contributed by atoms with E-state index in [4.69, 9.17) is 5.73 Å². The van der Waals surface area contributed by atoms with Crippen molar-refractivity contribution in [3.63, 3.8) is 0 Å². The first-order valence-electron chi connectivity index (χ1n) is 7.82. The molecule has 0 spiro atoms. The number of rotatable bonds is 4. The lowest BCUT2D eigenvalue weighted by Crippen LogP contribution is -2.47. The lowest BCUT2D eigenvalue weighted by atomic mass is 9.95. The Balaban J connectivity index is 1.37. The predicted molar refractivity (Wildman–Crippen MR) is 80.3 cm³/mol. The Labute approximate surface area is 128 Å². The van der Waals surface area contributed by atoms with Crippen LogP contribution in [-0.2, 0) is 19.4 Å². The average Bonchev–Trinajstić information content (AvgIpc) is 3.10. The summed E-state index contributed by atoms with van der Waals surface area (Å²) < 4.78 is 1.84. The molecule has 0 bridgehead atoms. The maximum Gasteiger partial charge on any atom is 0.251 e. The Bertz CT molecular complexity index is 697. The maximum atomic E-state index is 11.1. The summed E-state index contributed by atoms with van der Waals surface area (Å²) in [7, 11) is 0. The zero-order chi connectivity index (χ0) is 15.1. The minimum absolute atomic E-state index is 0.322. The number of aryl methyl sites for hydroxylation is 1. The van der Waals surface area contributed by atoms with Crippen LogP contribution in [0.25, 0.3) is 0 Å². The van der Waals surface area contributed by atoms with E-state index in [0.717, 1.165) is 32.5 Å². The summed E-state index contributed by atoms with van der Waals surface area (Å²) in [6.07, 6.45) is 8.09. The lowest BCUT2D eigenvalue weighted by Gasteiger charge is -2.39. The van der Waals surface area contributed by atoms with Gasteiger partial charge >= 0.3 is 0 Å². The second-order valence-corrected chi connectivity index (χ2v) is 6.26. The molecule has 7 heteroatoms. The second-order valence-electron chi connectivity index (χ2n) is 6.26. The van der Waals surface area contributed by atoms with E-state index in [1.165, 1.54) is 36.0 Å². The number of aromatic nitrogens is 4. The molecule has 2 aromatic rings. The van der Waals surface area contributed by atoms with Crippen LogP contribution in [0.5, 0.6) is 0 Å². The van der Waals surface area contributed by atoms with Gasteiger partial charge in [-0.3, -0.25) is 19.5 Å². The van der Waals surface area contributed by atoms with E-state index in [9.17, 15) is 4.79 Å². The van der Waals surface area contributed by atoms with Crippen molar-refractivity contribution >= 4 is 5.91 Å². The highest BCUT2D eigenvalue weighted by Gasteiger charge is 2.30. The molecule has 1 saturated heterocycles. The van der Waals surface area contributed by atoms with Gasteiger partial charge in [-0.1, -0.05) is 0 Å². The van der Waals surface area contributed by atoms with Crippen LogP contribution in [0.4, 0.5) is 0 Å². The molecule has 0 saturated carbocycles. The molecule has 3 N–H and O–H groups in total. The van der Waals surface area contributed by atoms with Gasteiger partial charge in [0.25, 0.3) is 5.91 Å². The van der Waals surface area contributed by atoms with Crippen molar-refractivity contribution in [2.24, 2.45) is 5.73 Å². The Morgan fingerprint density at radius 1 is 1.36 bits per heavy atom. The van der Waals surface area contributed by atoms with Gasteiger partial charge in [-0.15, -0.1) is 0 Å². The molecule has 3 heterocycles. The van der Waals surface area contributed by atoms with Crippen molar-refractivity contribution < 1.29 is 4.79 Å². The number of amides is 1. The van der Waals surface area contributed by atoms with Gasteiger partial charge in [-0.25, -0.2) is 0 Å². The smallest absolute Gasteiger partial charge is 0.251 e. The minimum Gasteiger partial charge on any atom is -0.366 e. The Kier molecular flexibility index (Phi) is 3.22. The van der Waals surface area contributed by atoms with Gasteiger partial charge in [0.1, 0.15) is 0 Å². The summed E-state index contributed by atoms with van der Waals surface area (Å²) in [6, 6.07) is 0.322. The van der Waals surface area contributed by atoms with Crippen LogP contribution in [0.3, 0.4) is 0 Å². The number of carbonyl (C=O) groups is 1. The van der Waals surface area contributed by atoms with Crippen LogP contribution >= 0.6 is 0 Å². The second kappa shape index (κ2) is 5.24. The molecule has 116 valence electrons. The monoisotopic (exact) mass is 300 g/mol. The largest absolute Gasteiger partial charge is 0.366 e. The summed E-state index contributed by atoms with van der Waals surface area (Å²) in [5, 5.41) is 11.9. The fourth-order valence-corrected chi connectivity index (χ4v) is 3.40. The Morgan fingerprint density at radius 2 is 2.18 bits per heavy atom. The van der Waals surface area contributed by atoms with Gasteiger partial charge in [0, 0.05) is 31.5 Å². The van der Waals surface area contributed by atoms with E-state index >= 15 is 0 Å². The molecule has 7 nitrogen and oxygen atoms in total. The minimum atomic E-state index is -0.425. The molecule has 2 aliphatic rings. The third-order valence-corrected chi connectivity index (χ3v) is 4.71. The summed E-state index contributed by atoms with van der Waals surface area (Å²) in [5.74, 6) is -0.425. The molecule has 0 atom stereocenters. The van der Waals surface area contributed by atoms with Gasteiger partial charge in [0.2, 0.25) is 0 Å². The van der Waals surface area contributed by atoms with Crippen LogP contribution in [0.1, 0.15) is 46.2 Å². The normalized spacial score (nSPS) is 18.9. The highest BCUT2D eigenvalue weighted by atomic mass is 16.1. The first-order chi connectivity index (χ1) is 10.7. The number of nitrogens with two attached hydrogens (primary N) is 1. The van der Waals surface area contributed by atoms with Crippen molar-refractivity contribution in [3.05, 3.63) is 34.9 Å². The molecule has 0 unspecified atom stereocenters. The maximum absolute atomic E-state index is 11.1. The molecule has 1 aliphatic heterocycles. The number of nitrogens with zero attached hydrogens (tertiary/aromatic N) is 4. The zero-order valence-electron chi connectivity index (χ0n) is 12.5. The van der Waals surface area contributed by atoms with Gasteiger partial charge < -0.3 is 5.73 Å². The number of hydrogen-bond acceptors (Lipinski definition) is 4. The van der Waals surface area contributed by atoms with E-state index in [1.54, 1.807) is 6.20 Å². The van der Waals surface area contributed by atoms with E-state index < -0.39 is 5.91 Å². The fraction of sp³-hybridized carbons (Fsp3) is 0.533. The van der Waals surface area contributed by atoms with Crippen molar-refractivity contribution in [2.45, 2.75) is 38.3 Å². The fourth-order valence-electron chi connectivity index (χ4n) is 3.40. The Hall–Kier alpha value is -2.15. The number of carbonyl (C=O) groups excluding carboxylic acids is 1. The SMILES string of the molecule is NC(=O)c1cnn(C2CN(Cc3n[nH]c4c3CCCC4)C2)c1. The van der Waals surface area contributed by atoms with Crippen LogP contribution < -0.4 is 5.73 Å². The number of fused-ring (bicyclic) bond motifs is 1. The van der Waals surface area contributed by atoms with Gasteiger partial charge in [-0.2, -0.15) is 10.2 Å². The number of hydrogen-bond donors (Lipinski definition) is 2. The molecule has 2 aromatic heterocycles. The number of likely N-dealkylation sites (tertiary alicyclic amines) is 1. The molecule has 1 fully saturated rings. The number of nitrogens with one attached hydrogen (secondary N) is 1. The van der Waals surface area contributed by atoms with Gasteiger partial charge in [0.05, 0.1) is 23.5 Å². The Morgan fingerprint density at radius 3 is 2.95 bits per heavy atom. The highest BCUT2D eigenvalue weighted by molar-refractivity contribution is 5.92. The van der Waals surface area contributed by atoms with Crippen LogP contribution in [0, 0.1) is 0 Å². The molecular weight excluding hydrogens is 280 g/mol. The van der Waals surface area contributed by atoms with E-state index in [1.807, 2.05) is 4.68 Å². The van der Waals surface area contributed by atoms with Crippen molar-refractivity contribution in [1.29, 1.82) is 0 Å². The van der Waals surface area contributed by atoms with Crippen molar-refractivity contribution in [2.75, 3.05) is 13.1 Å². The number of aromatic amines is 1. The molecular formula is C15H20N6O. The van der Waals surface area contributed by atoms with Crippen LogP contribution in [-0.4, -0.2) is 43.9 Å².